The first-order valence-corrected chi connectivity index (χ1v) is 10.8. The highest BCUT2D eigenvalue weighted by Crippen LogP contribution is 2.31. The van der Waals surface area contributed by atoms with Gasteiger partial charge < -0.3 is 4.74 Å². The molecule has 0 radical (unpaired) electrons. The smallest absolute Gasteiger partial charge is 0.282 e. The first-order chi connectivity index (χ1) is 14.5. The summed E-state index contributed by atoms with van der Waals surface area (Å²) in [6.45, 7) is 3.76. The first-order valence-electron chi connectivity index (χ1n) is 9.12. The Morgan fingerprint density at radius 1 is 1.17 bits per heavy atom. The van der Waals surface area contributed by atoms with E-state index in [0.29, 0.717) is 16.5 Å². The van der Waals surface area contributed by atoms with Gasteiger partial charge in [0.2, 0.25) is 5.13 Å². The second-order valence-electron chi connectivity index (χ2n) is 6.69. The number of benzene rings is 2. The number of rotatable bonds is 5. The molecule has 0 saturated heterocycles. The number of nitrogens with zero attached hydrogens (tertiary/aromatic N) is 5. The van der Waals surface area contributed by atoms with E-state index in [4.69, 9.17) is 4.74 Å². The van der Waals surface area contributed by atoms with Crippen molar-refractivity contribution in [3.05, 3.63) is 57.9 Å². The van der Waals surface area contributed by atoms with Crippen LogP contribution in [0.2, 0.25) is 0 Å². The molecule has 4 rings (SSSR count). The van der Waals surface area contributed by atoms with Crippen LogP contribution < -0.4 is 9.75 Å². The quantitative estimate of drug-likeness (QED) is 0.432. The molecular formula is C21H18BrN5O2S. The molecule has 0 unspecified atom stereocenters. The van der Waals surface area contributed by atoms with Crippen LogP contribution in [0.4, 0.5) is 10.8 Å². The Kier molecular flexibility index (Phi) is 5.74. The molecule has 0 N–H and O–H groups in total. The third kappa shape index (κ3) is 4.03. The third-order valence-corrected chi connectivity index (χ3v) is 6.27. The molecule has 1 aliphatic heterocycles. The second-order valence-corrected chi connectivity index (χ2v) is 8.38. The summed E-state index contributed by atoms with van der Waals surface area (Å²) in [7, 11) is 1.63. The van der Waals surface area contributed by atoms with Gasteiger partial charge in [-0.1, -0.05) is 22.0 Å². The molecule has 1 aliphatic rings. The summed E-state index contributed by atoms with van der Waals surface area (Å²) in [6.07, 6.45) is 0. The van der Waals surface area contributed by atoms with E-state index in [1.54, 1.807) is 14.0 Å². The maximum atomic E-state index is 12.9. The summed E-state index contributed by atoms with van der Waals surface area (Å²) in [5.74, 6) is 0.510. The van der Waals surface area contributed by atoms with Crippen molar-refractivity contribution < 1.29 is 9.53 Å². The highest BCUT2D eigenvalue weighted by Gasteiger charge is 2.36. The summed E-state index contributed by atoms with van der Waals surface area (Å²) < 4.78 is 6.13. The number of halogens is 1. The van der Waals surface area contributed by atoms with Gasteiger partial charge in [0.05, 0.1) is 24.2 Å². The van der Waals surface area contributed by atoms with E-state index in [1.807, 2.05) is 54.8 Å². The fourth-order valence-corrected chi connectivity index (χ4v) is 4.00. The van der Waals surface area contributed by atoms with Gasteiger partial charge in [0, 0.05) is 15.4 Å². The number of thiazole rings is 1. The predicted molar refractivity (Wildman–Crippen MR) is 122 cm³/mol. The van der Waals surface area contributed by atoms with Crippen molar-refractivity contribution in [1.29, 1.82) is 0 Å². The lowest BCUT2D eigenvalue weighted by molar-refractivity contribution is -0.117. The Morgan fingerprint density at radius 3 is 2.63 bits per heavy atom. The lowest BCUT2D eigenvalue weighted by atomic mass is 10.2. The van der Waals surface area contributed by atoms with Gasteiger partial charge in [0.15, 0.2) is 6.04 Å². The van der Waals surface area contributed by atoms with E-state index in [-0.39, 0.29) is 5.91 Å². The SMILES string of the molecule is COc1ccc(-c2csc(N3N=C(C)[C@@H](N=Nc4ccc(C)c(Br)c4)C3=O)n2)cc1. The summed E-state index contributed by atoms with van der Waals surface area (Å²) in [5.41, 5.74) is 4.06. The Balaban J connectivity index is 1.52. The van der Waals surface area contributed by atoms with Gasteiger partial charge in [-0.3, -0.25) is 4.79 Å². The van der Waals surface area contributed by atoms with Crippen LogP contribution in [-0.2, 0) is 4.79 Å². The minimum Gasteiger partial charge on any atom is -0.497 e. The molecule has 2 heterocycles. The molecule has 0 aliphatic carbocycles. The Hall–Kier alpha value is -2.91. The van der Waals surface area contributed by atoms with Crippen LogP contribution in [0.25, 0.3) is 11.3 Å². The topological polar surface area (TPSA) is 79.5 Å². The number of carbonyl (C=O) groups excluding carboxylic acids is 1. The van der Waals surface area contributed by atoms with Gasteiger partial charge >= 0.3 is 0 Å². The molecule has 3 aromatic rings. The summed E-state index contributed by atoms with van der Waals surface area (Å²) in [4.78, 5) is 17.5. The van der Waals surface area contributed by atoms with Crippen LogP contribution in [0, 0.1) is 6.92 Å². The number of aryl methyl sites for hydroxylation is 1. The van der Waals surface area contributed by atoms with Crippen molar-refractivity contribution in [1.82, 2.24) is 4.98 Å². The van der Waals surface area contributed by atoms with Crippen molar-refractivity contribution in [2.45, 2.75) is 19.9 Å². The Morgan fingerprint density at radius 2 is 1.93 bits per heavy atom. The Labute approximate surface area is 186 Å². The molecule has 0 saturated carbocycles. The van der Waals surface area contributed by atoms with E-state index in [1.165, 1.54) is 16.3 Å². The zero-order valence-electron chi connectivity index (χ0n) is 16.5. The van der Waals surface area contributed by atoms with E-state index in [0.717, 1.165) is 27.0 Å². The number of hydrogen-bond donors (Lipinski definition) is 0. The molecule has 1 atom stereocenters. The van der Waals surface area contributed by atoms with Crippen LogP contribution in [0.3, 0.4) is 0 Å². The van der Waals surface area contributed by atoms with Gasteiger partial charge in [-0.25, -0.2) is 4.98 Å². The van der Waals surface area contributed by atoms with E-state index >= 15 is 0 Å². The molecule has 2 aromatic carbocycles. The van der Waals surface area contributed by atoms with Gasteiger partial charge in [-0.05, 0) is 55.8 Å². The van der Waals surface area contributed by atoms with Gasteiger partial charge in [0.25, 0.3) is 5.91 Å². The monoisotopic (exact) mass is 483 g/mol. The molecule has 7 nitrogen and oxygen atoms in total. The van der Waals surface area contributed by atoms with Crippen LogP contribution >= 0.6 is 27.3 Å². The maximum Gasteiger partial charge on any atom is 0.282 e. The van der Waals surface area contributed by atoms with Crippen molar-refractivity contribution in [3.8, 4) is 17.0 Å². The number of carbonyl (C=O) groups is 1. The summed E-state index contributed by atoms with van der Waals surface area (Å²) in [6, 6.07) is 12.5. The number of hydrogen-bond acceptors (Lipinski definition) is 7. The molecule has 30 heavy (non-hydrogen) atoms. The number of anilines is 1. The minimum atomic E-state index is -0.751. The van der Waals surface area contributed by atoms with Crippen LogP contribution in [0.5, 0.6) is 5.75 Å². The fourth-order valence-electron chi connectivity index (χ4n) is 2.85. The lowest BCUT2D eigenvalue weighted by Gasteiger charge is -2.08. The average Bonchev–Trinajstić information content (AvgIpc) is 3.34. The standard InChI is InChI=1S/C21H18BrN5O2S/c1-12-4-7-15(10-17(12)22)24-25-19-13(2)26-27(20(19)28)21-23-18(11-30-21)14-5-8-16(29-3)9-6-14/h4-11,19H,1-3H3/t19-/m1/s1. The van der Waals surface area contributed by atoms with Crippen LogP contribution in [-0.4, -0.2) is 29.8 Å². The molecule has 0 fully saturated rings. The fraction of sp³-hybridized carbons (Fsp3) is 0.190. The zero-order valence-corrected chi connectivity index (χ0v) is 18.9. The largest absolute Gasteiger partial charge is 0.497 e. The normalized spacial score (nSPS) is 16.4. The molecule has 0 bridgehead atoms. The van der Waals surface area contributed by atoms with Crippen molar-refractivity contribution in [3.63, 3.8) is 0 Å². The molecule has 1 amide bonds. The van der Waals surface area contributed by atoms with E-state index in [9.17, 15) is 4.79 Å². The van der Waals surface area contributed by atoms with E-state index in [2.05, 4.69) is 36.2 Å². The number of aromatic nitrogens is 1. The van der Waals surface area contributed by atoms with Gasteiger partial charge in [-0.15, -0.1) is 11.3 Å². The highest BCUT2D eigenvalue weighted by atomic mass is 79.9. The number of hydrazone groups is 1. The van der Waals surface area contributed by atoms with Gasteiger partial charge in [0.1, 0.15) is 5.75 Å². The predicted octanol–water partition coefficient (Wildman–Crippen LogP) is 5.76. The number of ether oxygens (including phenoxy) is 1. The molecule has 0 spiro atoms. The molecule has 1 aromatic heterocycles. The molecule has 152 valence electrons. The lowest BCUT2D eigenvalue weighted by Crippen LogP contribution is -2.29. The maximum absolute atomic E-state index is 12.9. The van der Waals surface area contributed by atoms with Crippen LogP contribution in [0.1, 0.15) is 12.5 Å². The van der Waals surface area contributed by atoms with Crippen molar-refractivity contribution in [2.75, 3.05) is 12.1 Å². The zero-order chi connectivity index (χ0) is 21.3. The Bertz CT molecular complexity index is 1160. The summed E-state index contributed by atoms with van der Waals surface area (Å²) in [5, 5.41) is 16.5. The number of azo groups is 1. The van der Waals surface area contributed by atoms with E-state index < -0.39 is 6.04 Å². The second kappa shape index (κ2) is 8.45. The minimum absolute atomic E-state index is 0.266. The summed E-state index contributed by atoms with van der Waals surface area (Å²) >= 11 is 4.83. The number of methoxy groups -OCH3 is 1. The third-order valence-electron chi connectivity index (χ3n) is 4.60. The van der Waals surface area contributed by atoms with Gasteiger partial charge in [-0.2, -0.15) is 20.3 Å². The first kappa shape index (κ1) is 20.4. The average molecular weight is 484 g/mol. The van der Waals surface area contributed by atoms with Crippen LogP contribution in [0.15, 0.2) is 67.6 Å². The molecule has 9 heteroatoms. The number of amides is 1. The van der Waals surface area contributed by atoms with Crippen molar-refractivity contribution >= 4 is 49.7 Å². The molecular weight excluding hydrogens is 466 g/mol. The van der Waals surface area contributed by atoms with Crippen molar-refractivity contribution in [2.24, 2.45) is 15.3 Å². The highest BCUT2D eigenvalue weighted by molar-refractivity contribution is 9.10.